The van der Waals surface area contributed by atoms with Crippen molar-refractivity contribution in [2.24, 2.45) is 10.8 Å². The number of ether oxygens (including phenoxy) is 2. The van der Waals surface area contributed by atoms with Crippen molar-refractivity contribution in [1.29, 1.82) is 0 Å². The summed E-state index contributed by atoms with van der Waals surface area (Å²) in [7, 11) is 0. The van der Waals surface area contributed by atoms with Gasteiger partial charge in [-0.15, -0.1) is 0 Å². The third-order valence-electron chi connectivity index (χ3n) is 3.48. The van der Waals surface area contributed by atoms with Crippen LogP contribution in [0.15, 0.2) is 23.3 Å². The Kier molecular flexibility index (Phi) is 2.77. The van der Waals surface area contributed by atoms with Crippen molar-refractivity contribution in [3.05, 3.63) is 23.8 Å². The van der Waals surface area contributed by atoms with E-state index < -0.39 is 6.03 Å². The molecule has 0 aromatic heterocycles. The zero-order valence-electron chi connectivity index (χ0n) is 10.6. The number of urea groups is 1. The summed E-state index contributed by atoms with van der Waals surface area (Å²) in [6, 6.07) is 5.35. The predicted molar refractivity (Wildman–Crippen MR) is 69.3 cm³/mol. The third-order valence-corrected chi connectivity index (χ3v) is 3.48. The summed E-state index contributed by atoms with van der Waals surface area (Å²) in [6.07, 6.45) is 0.749. The first-order valence-electron chi connectivity index (χ1n) is 6.19. The quantitative estimate of drug-likeness (QED) is 0.879. The highest BCUT2D eigenvalue weighted by atomic mass is 16.7. The zero-order chi connectivity index (χ0) is 13.4. The Balaban J connectivity index is 1.83. The van der Waals surface area contributed by atoms with E-state index in [1.165, 1.54) is 5.01 Å². The molecule has 1 aromatic rings. The summed E-state index contributed by atoms with van der Waals surface area (Å²) in [5.41, 5.74) is 7.26. The molecule has 0 aliphatic carbocycles. The summed E-state index contributed by atoms with van der Waals surface area (Å²) >= 11 is 0. The standard InChI is InChI=1S/C13H15N3O3/c1-8(10-4-5-16(15-10)13(14)17)9-2-3-11-12(6-9)19-7-18-11/h2-3,6,8H,4-5,7H2,1H3,(H2,14,17)/t8-/m1/s1. The van der Waals surface area contributed by atoms with Gasteiger partial charge in [-0.25, -0.2) is 9.80 Å². The molecule has 0 unspecified atom stereocenters. The van der Waals surface area contributed by atoms with Gasteiger partial charge < -0.3 is 15.2 Å². The number of rotatable bonds is 2. The molecule has 0 saturated heterocycles. The van der Waals surface area contributed by atoms with Gasteiger partial charge in [-0.2, -0.15) is 5.10 Å². The minimum Gasteiger partial charge on any atom is -0.454 e. The number of hydrogen-bond donors (Lipinski definition) is 1. The van der Waals surface area contributed by atoms with Crippen LogP contribution in [0.2, 0.25) is 0 Å². The molecular formula is C13H15N3O3. The molecule has 19 heavy (non-hydrogen) atoms. The second-order valence-electron chi connectivity index (χ2n) is 4.64. The van der Waals surface area contributed by atoms with E-state index in [1.807, 2.05) is 18.2 Å². The smallest absolute Gasteiger partial charge is 0.335 e. The van der Waals surface area contributed by atoms with Crippen molar-refractivity contribution in [2.45, 2.75) is 19.3 Å². The van der Waals surface area contributed by atoms with Gasteiger partial charge in [-0.1, -0.05) is 13.0 Å². The molecule has 0 bridgehead atoms. The van der Waals surface area contributed by atoms with Crippen LogP contribution in [0.5, 0.6) is 11.5 Å². The molecule has 3 rings (SSSR count). The molecule has 2 aliphatic rings. The van der Waals surface area contributed by atoms with E-state index in [4.69, 9.17) is 15.2 Å². The molecule has 2 N–H and O–H groups in total. The van der Waals surface area contributed by atoms with Gasteiger partial charge in [0.2, 0.25) is 6.79 Å². The highest BCUT2D eigenvalue weighted by molar-refractivity contribution is 5.93. The molecule has 0 saturated carbocycles. The number of nitrogens with zero attached hydrogens (tertiary/aromatic N) is 2. The van der Waals surface area contributed by atoms with E-state index in [0.29, 0.717) is 6.54 Å². The molecule has 0 spiro atoms. The second kappa shape index (κ2) is 4.46. The number of benzene rings is 1. The molecular weight excluding hydrogens is 246 g/mol. The second-order valence-corrected chi connectivity index (χ2v) is 4.64. The van der Waals surface area contributed by atoms with Gasteiger partial charge in [0.1, 0.15) is 0 Å². The minimum absolute atomic E-state index is 0.124. The van der Waals surface area contributed by atoms with Crippen LogP contribution in [-0.4, -0.2) is 30.1 Å². The van der Waals surface area contributed by atoms with Crippen LogP contribution < -0.4 is 15.2 Å². The fourth-order valence-electron chi connectivity index (χ4n) is 2.31. The van der Waals surface area contributed by atoms with Crippen LogP contribution in [0.1, 0.15) is 24.8 Å². The summed E-state index contributed by atoms with van der Waals surface area (Å²) in [5, 5.41) is 5.57. The third kappa shape index (κ3) is 2.09. The van der Waals surface area contributed by atoms with Gasteiger partial charge in [0, 0.05) is 18.1 Å². The molecule has 2 aliphatic heterocycles. The lowest BCUT2D eigenvalue weighted by Gasteiger charge is -2.11. The largest absolute Gasteiger partial charge is 0.454 e. The van der Waals surface area contributed by atoms with E-state index in [1.54, 1.807) is 0 Å². The number of carbonyl (C=O) groups is 1. The van der Waals surface area contributed by atoms with E-state index >= 15 is 0 Å². The van der Waals surface area contributed by atoms with Gasteiger partial charge in [0.25, 0.3) is 0 Å². The van der Waals surface area contributed by atoms with Crippen LogP contribution in [0, 0.1) is 0 Å². The van der Waals surface area contributed by atoms with Crippen LogP contribution in [0.4, 0.5) is 4.79 Å². The fraction of sp³-hybridized carbons (Fsp3) is 0.385. The molecule has 1 atom stereocenters. The molecule has 2 heterocycles. The first-order chi connectivity index (χ1) is 9.15. The maximum absolute atomic E-state index is 11.1. The molecule has 2 amide bonds. The van der Waals surface area contributed by atoms with Gasteiger partial charge in [-0.05, 0) is 17.7 Å². The summed E-state index contributed by atoms with van der Waals surface area (Å²) in [6.45, 7) is 2.88. The van der Waals surface area contributed by atoms with Crippen molar-refractivity contribution in [3.8, 4) is 11.5 Å². The topological polar surface area (TPSA) is 77.2 Å². The van der Waals surface area contributed by atoms with Gasteiger partial charge in [0.05, 0.1) is 6.54 Å². The molecule has 0 fully saturated rings. The molecule has 0 radical (unpaired) electrons. The fourth-order valence-corrected chi connectivity index (χ4v) is 2.31. The summed E-state index contributed by atoms with van der Waals surface area (Å²) < 4.78 is 10.6. The van der Waals surface area contributed by atoms with Gasteiger partial charge in [-0.3, -0.25) is 0 Å². The minimum atomic E-state index is -0.507. The highest BCUT2D eigenvalue weighted by Gasteiger charge is 2.24. The average Bonchev–Trinajstić information content (AvgIpc) is 3.06. The van der Waals surface area contributed by atoms with Crippen molar-refractivity contribution in [3.63, 3.8) is 0 Å². The summed E-state index contributed by atoms with van der Waals surface area (Å²) in [5.74, 6) is 1.65. The maximum Gasteiger partial charge on any atom is 0.335 e. The van der Waals surface area contributed by atoms with Crippen LogP contribution in [-0.2, 0) is 0 Å². The number of hydrazone groups is 1. The van der Waals surface area contributed by atoms with Gasteiger partial charge >= 0.3 is 6.03 Å². The Hall–Kier alpha value is -2.24. The summed E-state index contributed by atoms with van der Waals surface area (Å²) in [4.78, 5) is 11.1. The Morgan fingerprint density at radius 3 is 2.95 bits per heavy atom. The molecule has 1 aromatic carbocycles. The number of primary amides is 1. The first kappa shape index (κ1) is 11.8. The highest BCUT2D eigenvalue weighted by Crippen LogP contribution is 2.35. The average molecular weight is 261 g/mol. The molecule has 6 heteroatoms. The number of nitrogens with two attached hydrogens (primary N) is 1. The maximum atomic E-state index is 11.1. The lowest BCUT2D eigenvalue weighted by molar-refractivity contribution is 0.174. The van der Waals surface area contributed by atoms with Crippen LogP contribution in [0.25, 0.3) is 0 Å². The number of carbonyl (C=O) groups excluding carboxylic acids is 1. The first-order valence-corrected chi connectivity index (χ1v) is 6.19. The number of fused-ring (bicyclic) bond motifs is 1. The van der Waals surface area contributed by atoms with Crippen molar-refractivity contribution in [1.82, 2.24) is 5.01 Å². The lowest BCUT2D eigenvalue weighted by Crippen LogP contribution is -2.29. The Labute approximate surface area is 110 Å². The van der Waals surface area contributed by atoms with E-state index in [-0.39, 0.29) is 12.7 Å². The van der Waals surface area contributed by atoms with Crippen molar-refractivity contribution in [2.75, 3.05) is 13.3 Å². The van der Waals surface area contributed by atoms with Crippen molar-refractivity contribution >= 4 is 11.7 Å². The zero-order valence-corrected chi connectivity index (χ0v) is 10.6. The number of hydrogen-bond acceptors (Lipinski definition) is 4. The SMILES string of the molecule is C[C@@H](C1=NN(C(N)=O)CC1)c1ccc2c(c1)OCO2. The normalized spacial score (nSPS) is 18.4. The van der Waals surface area contributed by atoms with Crippen LogP contribution >= 0.6 is 0 Å². The van der Waals surface area contributed by atoms with Gasteiger partial charge in [0.15, 0.2) is 11.5 Å². The lowest BCUT2D eigenvalue weighted by atomic mass is 9.94. The Morgan fingerprint density at radius 1 is 1.42 bits per heavy atom. The Bertz CT molecular complexity index is 556. The molecule has 6 nitrogen and oxygen atoms in total. The Morgan fingerprint density at radius 2 is 2.21 bits per heavy atom. The van der Waals surface area contributed by atoms with E-state index in [2.05, 4.69) is 12.0 Å². The van der Waals surface area contributed by atoms with E-state index in [0.717, 1.165) is 29.2 Å². The molecule has 100 valence electrons. The monoisotopic (exact) mass is 261 g/mol. The predicted octanol–water partition coefficient (Wildman–Crippen LogP) is 1.66. The number of amides is 2. The van der Waals surface area contributed by atoms with Crippen LogP contribution in [0.3, 0.4) is 0 Å². The van der Waals surface area contributed by atoms with Crippen molar-refractivity contribution < 1.29 is 14.3 Å². The van der Waals surface area contributed by atoms with E-state index in [9.17, 15) is 4.79 Å².